The third-order valence-corrected chi connectivity index (χ3v) is 8.41. The summed E-state index contributed by atoms with van der Waals surface area (Å²) in [5, 5.41) is 11.9. The molecule has 6 rings (SSSR count). The minimum Gasteiger partial charge on any atom is -0.348 e. The number of H-pyrrole nitrogens is 1. The van der Waals surface area contributed by atoms with E-state index in [1.807, 2.05) is 30.3 Å². The van der Waals surface area contributed by atoms with Gasteiger partial charge in [0.2, 0.25) is 0 Å². The smallest absolute Gasteiger partial charge is 0.251 e. The van der Waals surface area contributed by atoms with E-state index in [1.54, 1.807) is 29.1 Å². The van der Waals surface area contributed by atoms with Crippen LogP contribution >= 0.6 is 0 Å². The molecule has 2 unspecified atom stereocenters. The number of pyridine rings is 1. The molecule has 0 spiro atoms. The van der Waals surface area contributed by atoms with Crippen LogP contribution in [0.1, 0.15) is 62.2 Å². The minimum atomic E-state index is -0.00612. The summed E-state index contributed by atoms with van der Waals surface area (Å²) < 4.78 is 0. The molecule has 1 fully saturated rings. The number of nitrogens with one attached hydrogen (secondary N) is 2. The number of nitrogens with zero attached hydrogens (tertiary/aromatic N) is 3. The number of fused-ring (bicyclic) bond motifs is 1. The lowest BCUT2D eigenvalue weighted by Crippen LogP contribution is -2.43. The average Bonchev–Trinajstić information content (AvgIpc) is 3.25. The zero-order valence-corrected chi connectivity index (χ0v) is 22.2. The summed E-state index contributed by atoms with van der Waals surface area (Å²) in [6.45, 7) is 5.43. The van der Waals surface area contributed by atoms with Gasteiger partial charge < -0.3 is 10.2 Å². The van der Waals surface area contributed by atoms with Gasteiger partial charge in [-0.3, -0.25) is 14.9 Å². The van der Waals surface area contributed by atoms with Crippen molar-refractivity contribution in [2.75, 3.05) is 19.6 Å². The molecule has 1 saturated heterocycles. The molecule has 1 aromatic carbocycles. The van der Waals surface area contributed by atoms with E-state index in [2.05, 4.69) is 50.5 Å². The van der Waals surface area contributed by atoms with Crippen LogP contribution in [0, 0.1) is 5.92 Å². The van der Waals surface area contributed by atoms with E-state index in [4.69, 9.17) is 0 Å². The van der Waals surface area contributed by atoms with Crippen LogP contribution in [0.3, 0.4) is 0 Å². The van der Waals surface area contributed by atoms with Crippen molar-refractivity contribution in [3.05, 3.63) is 83.2 Å². The molecular weight excluding hydrogens is 470 g/mol. The number of likely N-dealkylation sites (tertiary alicyclic amines) is 1. The van der Waals surface area contributed by atoms with Crippen LogP contribution in [0.4, 0.5) is 0 Å². The minimum absolute atomic E-state index is 0.00612. The Morgan fingerprint density at radius 2 is 2.08 bits per heavy atom. The summed E-state index contributed by atoms with van der Waals surface area (Å²) >= 11 is 0. The first-order valence-electron chi connectivity index (χ1n) is 14.2. The molecule has 3 aliphatic rings. The fourth-order valence-corrected chi connectivity index (χ4v) is 6.29. The van der Waals surface area contributed by atoms with Gasteiger partial charge in [0, 0.05) is 48.0 Å². The molecule has 6 heteroatoms. The second-order valence-electron chi connectivity index (χ2n) is 11.0. The van der Waals surface area contributed by atoms with E-state index in [0.717, 1.165) is 73.9 Å². The normalized spacial score (nSPS) is 22.2. The highest BCUT2D eigenvalue weighted by Crippen LogP contribution is 2.37. The Bertz CT molecular complexity index is 1400. The van der Waals surface area contributed by atoms with Gasteiger partial charge >= 0.3 is 0 Å². The van der Waals surface area contributed by atoms with Crippen LogP contribution in [0.2, 0.25) is 0 Å². The van der Waals surface area contributed by atoms with Crippen molar-refractivity contribution in [3.8, 4) is 11.3 Å². The van der Waals surface area contributed by atoms with Gasteiger partial charge in [-0.25, -0.2) is 0 Å². The van der Waals surface area contributed by atoms with Crippen LogP contribution in [0.15, 0.2) is 77.7 Å². The topological polar surface area (TPSA) is 73.9 Å². The monoisotopic (exact) mass is 507 g/mol. The highest BCUT2D eigenvalue weighted by atomic mass is 16.1. The standard InChI is InChI=1S/C32H37N5O/c1-22-9-10-23(28-8-3-2-7-27(22)28)15-19-37-18-5-4-6-26(21-37)34-32(38)25-11-12-30-29(20-25)31(36-35-30)24-13-16-33-17-14-24/h2,7,10-14,16-17,20,22,26H,3-6,8-9,15,18-19,21H2,1H3,(H,34,38)(H,35,36). The van der Waals surface area contributed by atoms with Crippen LogP contribution in [-0.2, 0) is 0 Å². The van der Waals surface area contributed by atoms with Gasteiger partial charge in [-0.2, -0.15) is 5.10 Å². The fraction of sp³-hybridized carbons (Fsp3) is 0.406. The third kappa shape index (κ3) is 5.23. The molecule has 0 radical (unpaired) electrons. The van der Waals surface area contributed by atoms with E-state index in [1.165, 1.54) is 12.8 Å². The maximum absolute atomic E-state index is 13.3. The third-order valence-electron chi connectivity index (χ3n) is 8.41. The molecule has 3 aromatic rings. The van der Waals surface area contributed by atoms with Crippen LogP contribution in [0.5, 0.6) is 0 Å². The SMILES string of the molecule is CC1CC=C(CCN2CCCCC(NC(=O)c3ccc4[nH]nc(-c5ccncc5)c4c3)C2)C2=C1C=CCC2. The van der Waals surface area contributed by atoms with Gasteiger partial charge in [0.25, 0.3) is 5.91 Å². The van der Waals surface area contributed by atoms with E-state index in [9.17, 15) is 4.79 Å². The Kier molecular flexibility index (Phi) is 7.23. The molecule has 6 nitrogen and oxygen atoms in total. The number of aromatic amines is 1. The summed E-state index contributed by atoms with van der Waals surface area (Å²) in [5.74, 6) is 0.638. The first-order chi connectivity index (χ1) is 18.7. The first-order valence-corrected chi connectivity index (χ1v) is 14.2. The summed E-state index contributed by atoms with van der Waals surface area (Å²) in [6.07, 6.45) is 18.7. The molecule has 2 atom stereocenters. The number of hydrogen-bond donors (Lipinski definition) is 2. The van der Waals surface area contributed by atoms with Crippen LogP contribution in [0.25, 0.3) is 22.2 Å². The molecule has 2 N–H and O–H groups in total. The molecule has 2 aliphatic carbocycles. The van der Waals surface area contributed by atoms with Gasteiger partial charge in [0.15, 0.2) is 0 Å². The van der Waals surface area contributed by atoms with E-state index < -0.39 is 0 Å². The Morgan fingerprint density at radius 1 is 1.18 bits per heavy atom. The Hall–Kier alpha value is -3.51. The van der Waals surface area contributed by atoms with Crippen LogP contribution < -0.4 is 5.32 Å². The highest BCUT2D eigenvalue weighted by Gasteiger charge is 2.24. The number of carbonyl (C=O) groups is 1. The number of benzene rings is 1. The predicted octanol–water partition coefficient (Wildman–Crippen LogP) is 6.21. The number of carbonyl (C=O) groups excluding carboxylic acids is 1. The molecule has 1 aliphatic heterocycles. The summed E-state index contributed by atoms with van der Waals surface area (Å²) in [5.41, 5.74) is 8.16. The van der Waals surface area contributed by atoms with Crippen molar-refractivity contribution in [2.24, 2.45) is 5.92 Å². The number of amides is 1. The van der Waals surface area contributed by atoms with Crippen LogP contribution in [-0.4, -0.2) is 51.7 Å². The summed E-state index contributed by atoms with van der Waals surface area (Å²) in [4.78, 5) is 20.0. The van der Waals surface area contributed by atoms with Crippen molar-refractivity contribution in [2.45, 2.75) is 57.9 Å². The van der Waals surface area contributed by atoms with E-state index in [0.29, 0.717) is 11.5 Å². The van der Waals surface area contributed by atoms with Crippen molar-refractivity contribution in [3.63, 3.8) is 0 Å². The molecule has 2 aromatic heterocycles. The molecular formula is C32H37N5O. The maximum atomic E-state index is 13.3. The zero-order chi connectivity index (χ0) is 25.9. The van der Waals surface area contributed by atoms with E-state index in [-0.39, 0.29) is 11.9 Å². The zero-order valence-electron chi connectivity index (χ0n) is 22.2. The number of aromatic nitrogens is 3. The Balaban J connectivity index is 1.11. The maximum Gasteiger partial charge on any atom is 0.251 e. The summed E-state index contributed by atoms with van der Waals surface area (Å²) in [7, 11) is 0. The quantitative estimate of drug-likeness (QED) is 0.416. The number of hydrogen-bond acceptors (Lipinski definition) is 4. The van der Waals surface area contributed by atoms with Gasteiger partial charge in [0.05, 0.1) is 5.52 Å². The molecule has 38 heavy (non-hydrogen) atoms. The molecule has 196 valence electrons. The lowest BCUT2D eigenvalue weighted by molar-refractivity contribution is 0.0926. The molecule has 0 saturated carbocycles. The van der Waals surface area contributed by atoms with Gasteiger partial charge in [-0.15, -0.1) is 0 Å². The fourth-order valence-electron chi connectivity index (χ4n) is 6.29. The molecule has 3 heterocycles. The van der Waals surface area contributed by atoms with Crippen molar-refractivity contribution < 1.29 is 4.79 Å². The molecule has 1 amide bonds. The molecule has 0 bridgehead atoms. The predicted molar refractivity (Wildman–Crippen MR) is 153 cm³/mol. The second kappa shape index (κ2) is 11.1. The van der Waals surface area contributed by atoms with Gasteiger partial charge in [-0.05, 0) is 98.0 Å². The average molecular weight is 508 g/mol. The van der Waals surface area contributed by atoms with Crippen molar-refractivity contribution >= 4 is 16.8 Å². The second-order valence-corrected chi connectivity index (χ2v) is 11.0. The first kappa shape index (κ1) is 24.8. The number of rotatable bonds is 6. The Morgan fingerprint density at radius 3 is 2.97 bits per heavy atom. The van der Waals surface area contributed by atoms with Crippen molar-refractivity contribution in [1.29, 1.82) is 0 Å². The lowest BCUT2D eigenvalue weighted by atomic mass is 9.78. The number of allylic oxidation sites excluding steroid dienone is 5. The van der Waals surface area contributed by atoms with Gasteiger partial charge in [-0.1, -0.05) is 31.6 Å². The lowest BCUT2D eigenvalue weighted by Gasteiger charge is -2.30. The largest absolute Gasteiger partial charge is 0.348 e. The van der Waals surface area contributed by atoms with Gasteiger partial charge in [0.1, 0.15) is 5.69 Å². The van der Waals surface area contributed by atoms with Crippen molar-refractivity contribution in [1.82, 2.24) is 25.4 Å². The summed E-state index contributed by atoms with van der Waals surface area (Å²) in [6, 6.07) is 9.84. The highest BCUT2D eigenvalue weighted by molar-refractivity contribution is 6.01. The van der Waals surface area contributed by atoms with E-state index >= 15 is 0 Å². The Labute approximate surface area is 224 Å².